The number of aryl methyl sites for hydroxylation is 2. The molecule has 3 N–H and O–H groups in total. The number of benzene rings is 2. The van der Waals surface area contributed by atoms with Gasteiger partial charge in [-0.25, -0.2) is 4.79 Å². The smallest absolute Gasteiger partial charge is 0.319 e. The molecule has 0 saturated carbocycles. The average Bonchev–Trinajstić information content (AvgIpc) is 2.56. The molecular weight excluding hydrogens is 288 g/mol. The predicted molar refractivity (Wildman–Crippen MR) is 93.6 cm³/mol. The van der Waals surface area contributed by atoms with Crippen molar-refractivity contribution in [2.24, 2.45) is 0 Å². The molecule has 122 valence electrons. The van der Waals surface area contributed by atoms with Gasteiger partial charge >= 0.3 is 6.03 Å². The number of carbonyl (C=O) groups excluding carboxylic acids is 1. The molecule has 0 heterocycles. The summed E-state index contributed by atoms with van der Waals surface area (Å²) in [6.45, 7) is 5.84. The predicted octanol–water partition coefficient (Wildman–Crippen LogP) is 3.59. The molecule has 0 spiro atoms. The van der Waals surface area contributed by atoms with Gasteiger partial charge in [0, 0.05) is 5.69 Å². The lowest BCUT2D eigenvalue weighted by atomic mass is 9.96. The molecule has 2 amide bonds. The SMILES string of the molecule is CCc1cccc(C)c1NC(=O)NCC(C)(O)c1ccccc1. The maximum Gasteiger partial charge on any atom is 0.319 e. The first-order valence-corrected chi connectivity index (χ1v) is 7.85. The number of aliphatic hydroxyl groups is 1. The highest BCUT2D eigenvalue weighted by atomic mass is 16.3. The summed E-state index contributed by atoms with van der Waals surface area (Å²) in [5.41, 5.74) is 2.61. The van der Waals surface area contributed by atoms with Gasteiger partial charge in [0.15, 0.2) is 0 Å². The van der Waals surface area contributed by atoms with E-state index < -0.39 is 5.60 Å². The maximum absolute atomic E-state index is 12.2. The fraction of sp³-hybridized carbons (Fsp3) is 0.316. The molecule has 0 saturated heterocycles. The molecule has 2 aromatic rings. The van der Waals surface area contributed by atoms with Gasteiger partial charge < -0.3 is 15.7 Å². The van der Waals surface area contributed by atoms with Crippen molar-refractivity contribution in [1.29, 1.82) is 0 Å². The Morgan fingerprint density at radius 1 is 1.13 bits per heavy atom. The van der Waals surface area contributed by atoms with Gasteiger partial charge in [-0.3, -0.25) is 0 Å². The second-order valence-electron chi connectivity index (χ2n) is 5.91. The minimum Gasteiger partial charge on any atom is -0.384 e. The Hall–Kier alpha value is -2.33. The fourth-order valence-electron chi connectivity index (χ4n) is 2.51. The second-order valence-corrected chi connectivity index (χ2v) is 5.91. The van der Waals surface area contributed by atoms with E-state index in [-0.39, 0.29) is 12.6 Å². The van der Waals surface area contributed by atoms with Crippen molar-refractivity contribution < 1.29 is 9.90 Å². The van der Waals surface area contributed by atoms with Gasteiger partial charge in [-0.05, 0) is 37.0 Å². The van der Waals surface area contributed by atoms with Crippen LogP contribution in [0.25, 0.3) is 0 Å². The van der Waals surface area contributed by atoms with E-state index >= 15 is 0 Å². The molecule has 0 radical (unpaired) electrons. The lowest BCUT2D eigenvalue weighted by molar-refractivity contribution is 0.0599. The van der Waals surface area contributed by atoms with Crippen LogP contribution in [-0.4, -0.2) is 17.7 Å². The number of carbonyl (C=O) groups is 1. The van der Waals surface area contributed by atoms with Crippen LogP contribution in [0.2, 0.25) is 0 Å². The number of nitrogens with one attached hydrogen (secondary N) is 2. The second kappa shape index (κ2) is 7.29. The molecular formula is C19H24N2O2. The van der Waals surface area contributed by atoms with Crippen molar-refractivity contribution in [2.45, 2.75) is 32.8 Å². The number of amides is 2. The van der Waals surface area contributed by atoms with Gasteiger partial charge in [0.2, 0.25) is 0 Å². The third-order valence-corrected chi connectivity index (χ3v) is 3.97. The van der Waals surface area contributed by atoms with Crippen LogP contribution in [0.15, 0.2) is 48.5 Å². The highest BCUT2D eigenvalue weighted by Gasteiger charge is 2.23. The van der Waals surface area contributed by atoms with Crippen LogP contribution in [-0.2, 0) is 12.0 Å². The van der Waals surface area contributed by atoms with Crippen LogP contribution in [0, 0.1) is 6.92 Å². The topological polar surface area (TPSA) is 61.4 Å². The van der Waals surface area contributed by atoms with E-state index in [0.29, 0.717) is 0 Å². The Bertz CT molecular complexity index is 666. The van der Waals surface area contributed by atoms with Crippen LogP contribution in [0.4, 0.5) is 10.5 Å². The van der Waals surface area contributed by atoms with Gasteiger partial charge in [-0.2, -0.15) is 0 Å². The number of urea groups is 1. The molecule has 23 heavy (non-hydrogen) atoms. The zero-order chi connectivity index (χ0) is 16.9. The quantitative estimate of drug-likeness (QED) is 0.790. The molecule has 2 aromatic carbocycles. The first kappa shape index (κ1) is 17.0. The zero-order valence-corrected chi connectivity index (χ0v) is 13.9. The molecule has 0 aliphatic rings. The average molecular weight is 312 g/mol. The van der Waals surface area contributed by atoms with Crippen molar-refractivity contribution in [3.05, 3.63) is 65.2 Å². The summed E-state index contributed by atoms with van der Waals surface area (Å²) in [4.78, 5) is 12.2. The van der Waals surface area contributed by atoms with Crippen LogP contribution < -0.4 is 10.6 Å². The molecule has 4 nitrogen and oxygen atoms in total. The summed E-state index contributed by atoms with van der Waals surface area (Å²) in [6, 6.07) is 15.0. The highest BCUT2D eigenvalue weighted by Crippen LogP contribution is 2.22. The van der Waals surface area contributed by atoms with Gasteiger partial charge in [0.25, 0.3) is 0 Å². The van der Waals surface area contributed by atoms with Crippen molar-refractivity contribution in [2.75, 3.05) is 11.9 Å². The summed E-state index contributed by atoms with van der Waals surface area (Å²) in [5, 5.41) is 16.2. The summed E-state index contributed by atoms with van der Waals surface area (Å²) >= 11 is 0. The Kier molecular flexibility index (Phi) is 5.40. The molecule has 0 fully saturated rings. The Morgan fingerprint density at radius 2 is 1.83 bits per heavy atom. The van der Waals surface area contributed by atoms with E-state index in [0.717, 1.165) is 28.8 Å². The highest BCUT2D eigenvalue weighted by molar-refractivity contribution is 5.91. The standard InChI is InChI=1S/C19H24N2O2/c1-4-15-10-8-9-14(2)17(15)21-18(22)20-13-19(3,23)16-11-6-5-7-12-16/h5-12,23H,4,13H2,1-3H3,(H2,20,21,22). The van der Waals surface area contributed by atoms with E-state index in [4.69, 9.17) is 0 Å². The summed E-state index contributed by atoms with van der Waals surface area (Å²) in [7, 11) is 0. The third-order valence-electron chi connectivity index (χ3n) is 3.97. The first-order valence-electron chi connectivity index (χ1n) is 7.85. The first-order chi connectivity index (χ1) is 10.9. The van der Waals surface area contributed by atoms with E-state index in [2.05, 4.69) is 17.6 Å². The van der Waals surface area contributed by atoms with Crippen molar-refractivity contribution in [1.82, 2.24) is 5.32 Å². The normalized spacial score (nSPS) is 13.2. The molecule has 0 aliphatic heterocycles. The molecule has 0 aromatic heterocycles. The minimum atomic E-state index is -1.11. The Labute approximate surface area is 137 Å². The van der Waals surface area contributed by atoms with E-state index in [1.807, 2.05) is 55.5 Å². The number of hydrogen-bond donors (Lipinski definition) is 3. The molecule has 1 unspecified atom stereocenters. The molecule has 1 atom stereocenters. The number of anilines is 1. The summed E-state index contributed by atoms with van der Waals surface area (Å²) in [6.07, 6.45) is 0.846. The zero-order valence-electron chi connectivity index (χ0n) is 13.9. The summed E-state index contributed by atoms with van der Waals surface area (Å²) < 4.78 is 0. The van der Waals surface area contributed by atoms with Gasteiger partial charge in [-0.1, -0.05) is 55.5 Å². The third kappa shape index (κ3) is 4.33. The molecule has 4 heteroatoms. The number of hydrogen-bond acceptors (Lipinski definition) is 2. The lowest BCUT2D eigenvalue weighted by Gasteiger charge is -2.24. The molecule has 2 rings (SSSR count). The van der Waals surface area contributed by atoms with Gasteiger partial charge in [0.05, 0.1) is 6.54 Å². The number of rotatable bonds is 5. The van der Waals surface area contributed by atoms with Gasteiger partial charge in [0.1, 0.15) is 5.60 Å². The number of para-hydroxylation sites is 1. The Balaban J connectivity index is 2.01. The lowest BCUT2D eigenvalue weighted by Crippen LogP contribution is -2.40. The van der Waals surface area contributed by atoms with Gasteiger partial charge in [-0.15, -0.1) is 0 Å². The molecule has 0 aliphatic carbocycles. The maximum atomic E-state index is 12.2. The van der Waals surface area contributed by atoms with Crippen molar-refractivity contribution in [3.8, 4) is 0 Å². The largest absolute Gasteiger partial charge is 0.384 e. The Morgan fingerprint density at radius 3 is 2.48 bits per heavy atom. The van der Waals surface area contributed by atoms with E-state index in [1.54, 1.807) is 6.92 Å². The van der Waals surface area contributed by atoms with Crippen LogP contribution in [0.5, 0.6) is 0 Å². The van der Waals surface area contributed by atoms with Crippen molar-refractivity contribution in [3.63, 3.8) is 0 Å². The minimum absolute atomic E-state index is 0.135. The molecule has 0 bridgehead atoms. The monoisotopic (exact) mass is 312 g/mol. The van der Waals surface area contributed by atoms with Crippen molar-refractivity contribution >= 4 is 11.7 Å². The summed E-state index contributed by atoms with van der Waals surface area (Å²) in [5.74, 6) is 0. The van der Waals surface area contributed by atoms with E-state index in [1.165, 1.54) is 0 Å². The van der Waals surface area contributed by atoms with Crippen LogP contribution in [0.1, 0.15) is 30.5 Å². The van der Waals surface area contributed by atoms with E-state index in [9.17, 15) is 9.90 Å². The van der Waals surface area contributed by atoms with Crippen LogP contribution in [0.3, 0.4) is 0 Å². The fourth-order valence-corrected chi connectivity index (χ4v) is 2.51. The van der Waals surface area contributed by atoms with Crippen LogP contribution >= 0.6 is 0 Å².